The van der Waals surface area contributed by atoms with Gasteiger partial charge in [0.05, 0.1) is 13.0 Å². The molecule has 8 nitrogen and oxygen atoms in total. The molecule has 0 fully saturated rings. The quantitative estimate of drug-likeness (QED) is 0.0477. The fraction of sp³-hybridized carbons (Fsp3) is 0.182. The first-order valence-corrected chi connectivity index (χ1v) is 23.4. The van der Waals surface area contributed by atoms with E-state index >= 15 is 0 Å². The molecule has 2 atom stereocenters. The van der Waals surface area contributed by atoms with Crippen LogP contribution < -0.4 is 31.3 Å². The summed E-state index contributed by atoms with van der Waals surface area (Å²) in [5.74, 6) is -0.796. The topological polar surface area (TPSA) is 111 Å². The fourth-order valence-corrected chi connectivity index (χ4v) is 10.6. The highest BCUT2D eigenvalue weighted by Crippen LogP contribution is 2.42. The summed E-state index contributed by atoms with van der Waals surface area (Å²) in [5, 5.41) is 8.26. The molecule has 0 spiro atoms. The number of carbonyl (C=O) groups excluding carboxylic acids is 3. The Hall–Kier alpha value is -7.02. The lowest BCUT2D eigenvalue weighted by atomic mass is 9.77. The Morgan fingerprint density at radius 3 is 1.48 bits per heavy atom. The molecule has 0 heterocycles. The van der Waals surface area contributed by atoms with Crippen molar-refractivity contribution < 1.29 is 28.4 Å². The Kier molecular flexibility index (Phi) is 15.0. The Balaban J connectivity index is 1.10. The van der Waals surface area contributed by atoms with Crippen molar-refractivity contribution in [2.75, 3.05) is 6.61 Å². The number of carbonyl (C=O) groups is 3. The van der Waals surface area contributed by atoms with Crippen molar-refractivity contribution in [1.29, 1.82) is 0 Å². The van der Waals surface area contributed by atoms with Crippen LogP contribution >= 0.6 is 7.14 Å². The van der Waals surface area contributed by atoms with Gasteiger partial charge in [0.15, 0.2) is 7.14 Å². The number of ether oxygens (including phenoxy) is 2. The maximum absolute atomic E-state index is 14.9. The largest absolute Gasteiger partial charge is 0.493 e. The second kappa shape index (κ2) is 21.4. The van der Waals surface area contributed by atoms with Crippen molar-refractivity contribution in [3.63, 3.8) is 0 Å². The molecule has 7 rings (SSSR count). The molecule has 2 amide bonds. The van der Waals surface area contributed by atoms with Crippen LogP contribution in [0.2, 0.25) is 0 Å². The molecular weight excluding hydrogens is 816 g/mol. The van der Waals surface area contributed by atoms with Crippen molar-refractivity contribution >= 4 is 40.8 Å². The van der Waals surface area contributed by atoms with Crippen molar-refractivity contribution in [3.8, 4) is 5.75 Å². The van der Waals surface area contributed by atoms with Gasteiger partial charge in [-0.25, -0.2) is 4.79 Å². The van der Waals surface area contributed by atoms with Gasteiger partial charge in [-0.2, -0.15) is 0 Å². The van der Waals surface area contributed by atoms with Gasteiger partial charge in [0.25, 0.3) is 0 Å². The first-order valence-electron chi connectivity index (χ1n) is 21.7. The summed E-state index contributed by atoms with van der Waals surface area (Å²) in [7, 11) is -3.22. The molecule has 2 unspecified atom stereocenters. The van der Waals surface area contributed by atoms with Gasteiger partial charge in [0, 0.05) is 22.3 Å². The lowest BCUT2D eigenvalue weighted by Crippen LogP contribution is -2.48. The molecule has 0 saturated carbocycles. The molecule has 2 N–H and O–H groups in total. The lowest BCUT2D eigenvalue weighted by Gasteiger charge is -2.37. The van der Waals surface area contributed by atoms with Crippen molar-refractivity contribution in [2.45, 2.75) is 57.2 Å². The number of esters is 1. The van der Waals surface area contributed by atoms with Crippen LogP contribution in [-0.2, 0) is 35.6 Å². The van der Waals surface area contributed by atoms with Crippen LogP contribution in [-0.4, -0.2) is 30.4 Å². The molecule has 324 valence electrons. The number of hydrogen-bond donors (Lipinski definition) is 2. The van der Waals surface area contributed by atoms with Crippen molar-refractivity contribution in [2.24, 2.45) is 0 Å². The van der Waals surface area contributed by atoms with Gasteiger partial charge in [0.2, 0.25) is 11.8 Å². The van der Waals surface area contributed by atoms with E-state index < -0.39 is 36.7 Å². The molecule has 9 heteroatoms. The smallest absolute Gasteiger partial charge is 0.329 e. The summed E-state index contributed by atoms with van der Waals surface area (Å²) in [6, 6.07) is 61.9. The highest BCUT2D eigenvalue weighted by atomic mass is 31.2. The van der Waals surface area contributed by atoms with Gasteiger partial charge < -0.3 is 24.7 Å². The third-order valence-electron chi connectivity index (χ3n) is 11.4. The number of amides is 2. The number of hydrogen-bond acceptors (Lipinski definition) is 6. The zero-order valence-corrected chi connectivity index (χ0v) is 37.0. The highest BCUT2D eigenvalue weighted by molar-refractivity contribution is 7.85. The van der Waals surface area contributed by atoms with E-state index in [1.54, 1.807) is 6.92 Å². The summed E-state index contributed by atoms with van der Waals surface area (Å²) in [6.07, 6.45) is 0.00110. The molecule has 0 aliphatic heterocycles. The second-order valence-corrected chi connectivity index (χ2v) is 18.4. The minimum Gasteiger partial charge on any atom is -0.493 e. The first kappa shape index (κ1) is 45.0. The van der Waals surface area contributed by atoms with Gasteiger partial charge >= 0.3 is 5.97 Å². The summed E-state index contributed by atoms with van der Waals surface area (Å²) < 4.78 is 26.8. The molecule has 0 radical (unpaired) electrons. The van der Waals surface area contributed by atoms with E-state index in [1.165, 1.54) is 5.56 Å². The molecule has 0 bridgehead atoms. The van der Waals surface area contributed by atoms with E-state index in [1.807, 2.05) is 200 Å². The first-order chi connectivity index (χ1) is 31.2. The van der Waals surface area contributed by atoms with Gasteiger partial charge in [-0.3, -0.25) is 9.59 Å². The molecule has 64 heavy (non-hydrogen) atoms. The fourth-order valence-electron chi connectivity index (χ4n) is 7.93. The summed E-state index contributed by atoms with van der Waals surface area (Å²) in [6.45, 7) is 3.91. The molecule has 0 aliphatic carbocycles. The monoisotopic (exact) mass is 868 g/mol. The normalized spacial score (nSPS) is 12.3. The van der Waals surface area contributed by atoms with Crippen LogP contribution in [0.4, 0.5) is 0 Å². The molecule has 7 aromatic carbocycles. The predicted octanol–water partition coefficient (Wildman–Crippen LogP) is 9.34. The minimum atomic E-state index is -3.22. The number of benzene rings is 7. The van der Waals surface area contributed by atoms with Gasteiger partial charge in [-0.15, -0.1) is 0 Å². The molecule has 0 aromatic heterocycles. The number of nitrogens with one attached hydrogen (secondary N) is 2. The molecule has 0 aliphatic rings. The van der Waals surface area contributed by atoms with Gasteiger partial charge in [-0.05, 0) is 59.7 Å². The maximum Gasteiger partial charge on any atom is 0.329 e. The number of rotatable bonds is 19. The summed E-state index contributed by atoms with van der Waals surface area (Å²) in [4.78, 5) is 41.9. The average Bonchev–Trinajstić information content (AvgIpc) is 3.35. The standard InChI is InChI=1S/C55H53N2O6P/c1-3-42-29-33-47(34-30-42)62-40-39-52(58)56-51(37-38-53(59)57-55(44-19-9-4-10-20-44,45-21-11-5-12-22-45)46-23-13-6-14-24-46)54(60)63-41(2)43-31-35-50(36-32-43)64(61,48-25-15-7-16-26-48)49-27-17-8-18-28-49/h4-36,41,51H,3,37-40H2,1-2H3,(H,56,58)(H,57,59). The van der Waals surface area contributed by atoms with Gasteiger partial charge in [-0.1, -0.05) is 195 Å². The van der Waals surface area contributed by atoms with Gasteiger partial charge in [0.1, 0.15) is 23.4 Å². The summed E-state index contributed by atoms with van der Waals surface area (Å²) >= 11 is 0. The summed E-state index contributed by atoms with van der Waals surface area (Å²) in [5.41, 5.74) is 3.37. The van der Waals surface area contributed by atoms with E-state index in [-0.39, 0.29) is 31.8 Å². The number of aryl methyl sites for hydroxylation is 1. The van der Waals surface area contributed by atoms with Crippen LogP contribution in [0.3, 0.4) is 0 Å². The van der Waals surface area contributed by atoms with Crippen LogP contribution in [0.5, 0.6) is 5.75 Å². The zero-order chi connectivity index (χ0) is 44.8. The lowest BCUT2D eigenvalue weighted by molar-refractivity contribution is -0.153. The molecule has 0 saturated heterocycles. The minimum absolute atomic E-state index is 0.0233. The molecule has 7 aromatic rings. The van der Waals surface area contributed by atoms with E-state index in [2.05, 4.69) is 17.6 Å². The SMILES string of the molecule is CCc1ccc(OCCC(=O)NC(CCC(=O)NC(c2ccccc2)(c2ccccc2)c2ccccc2)C(=O)OC(C)c2ccc(P(=O)(c3ccccc3)c3ccccc3)cc2)cc1. The van der Waals surface area contributed by atoms with Crippen molar-refractivity contribution in [1.82, 2.24) is 10.6 Å². The van der Waals surface area contributed by atoms with Crippen molar-refractivity contribution in [3.05, 3.63) is 228 Å². The highest BCUT2D eigenvalue weighted by Gasteiger charge is 2.38. The zero-order valence-electron chi connectivity index (χ0n) is 36.1. The third kappa shape index (κ3) is 10.6. The van der Waals surface area contributed by atoms with E-state index in [9.17, 15) is 18.9 Å². The Morgan fingerprint density at radius 2 is 1.02 bits per heavy atom. The third-order valence-corrected chi connectivity index (χ3v) is 14.5. The predicted molar refractivity (Wildman–Crippen MR) is 255 cm³/mol. The Bertz CT molecular complexity index is 2490. The van der Waals surface area contributed by atoms with Crippen LogP contribution in [0.15, 0.2) is 200 Å². The second-order valence-electron chi connectivity index (χ2n) is 15.6. The van der Waals surface area contributed by atoms with E-state index in [4.69, 9.17) is 9.47 Å². The van der Waals surface area contributed by atoms with Crippen LogP contribution in [0.25, 0.3) is 0 Å². The average molecular weight is 869 g/mol. The van der Waals surface area contributed by atoms with E-state index in [0.29, 0.717) is 27.2 Å². The Morgan fingerprint density at radius 1 is 0.562 bits per heavy atom. The van der Waals surface area contributed by atoms with Crippen LogP contribution in [0.1, 0.15) is 67.0 Å². The maximum atomic E-state index is 14.9. The Labute approximate surface area is 376 Å². The van der Waals surface area contributed by atoms with Crippen LogP contribution in [0, 0.1) is 0 Å². The molecular formula is C55H53N2O6P. The van der Waals surface area contributed by atoms with E-state index in [0.717, 1.165) is 23.1 Å².